The van der Waals surface area contributed by atoms with Crippen LogP contribution in [0.2, 0.25) is 0 Å². The zero-order valence-electron chi connectivity index (χ0n) is 25.8. The first-order chi connectivity index (χ1) is 21.8. The number of ketones is 1. The third kappa shape index (κ3) is 5.82. The van der Waals surface area contributed by atoms with Gasteiger partial charge < -0.3 is 24.1 Å². The van der Waals surface area contributed by atoms with Gasteiger partial charge in [0.05, 0.1) is 35.0 Å². The smallest absolute Gasteiger partial charge is 0.301 e. The van der Waals surface area contributed by atoms with E-state index >= 15 is 0 Å². The number of carbonyl (C=O) groups is 2. The van der Waals surface area contributed by atoms with Gasteiger partial charge in [0, 0.05) is 5.56 Å². The van der Waals surface area contributed by atoms with Crippen LogP contribution in [-0.2, 0) is 9.59 Å². The van der Waals surface area contributed by atoms with Gasteiger partial charge in [0.25, 0.3) is 5.78 Å². The van der Waals surface area contributed by atoms with Crippen LogP contribution < -0.4 is 23.8 Å². The van der Waals surface area contributed by atoms with Crippen molar-refractivity contribution in [2.24, 2.45) is 0 Å². The first kappa shape index (κ1) is 30.5. The van der Waals surface area contributed by atoms with E-state index in [4.69, 9.17) is 23.9 Å². The van der Waals surface area contributed by atoms with Gasteiger partial charge in [0.1, 0.15) is 19.0 Å². The van der Waals surface area contributed by atoms with Crippen LogP contribution in [0.4, 0.5) is 5.13 Å². The summed E-state index contributed by atoms with van der Waals surface area (Å²) in [6.45, 7) is 9.72. The minimum atomic E-state index is -0.978. The molecule has 1 unspecified atom stereocenters. The molecule has 4 aromatic rings. The summed E-state index contributed by atoms with van der Waals surface area (Å²) in [6, 6.07) is 13.4. The number of rotatable bonds is 10. The van der Waals surface area contributed by atoms with E-state index in [9.17, 15) is 14.7 Å². The summed E-state index contributed by atoms with van der Waals surface area (Å²) >= 11 is 1.33. The fourth-order valence-electron chi connectivity index (χ4n) is 5.77. The SMILES string of the molecule is CCCCCOc1ccc(C2/C(=C(/O)c3ccc4c(c3)OCCO4)C(=O)C(=O)N2c2nc3c(C)cc(C)cc3s2)cc1OCC. The van der Waals surface area contributed by atoms with E-state index in [1.807, 2.05) is 32.9 Å². The Balaban J connectivity index is 1.50. The molecule has 0 spiro atoms. The van der Waals surface area contributed by atoms with Crippen molar-refractivity contribution in [1.29, 1.82) is 0 Å². The fourth-order valence-corrected chi connectivity index (χ4v) is 6.94. The molecule has 10 heteroatoms. The molecule has 1 fully saturated rings. The van der Waals surface area contributed by atoms with Gasteiger partial charge in [-0.25, -0.2) is 4.98 Å². The molecule has 45 heavy (non-hydrogen) atoms. The number of aliphatic hydroxyl groups is 1. The van der Waals surface area contributed by atoms with Crippen molar-refractivity contribution < 1.29 is 33.6 Å². The molecule has 9 nitrogen and oxygen atoms in total. The highest BCUT2D eigenvalue weighted by molar-refractivity contribution is 7.22. The molecule has 1 atom stereocenters. The van der Waals surface area contributed by atoms with Crippen LogP contribution in [0.1, 0.15) is 61.4 Å². The molecule has 2 aliphatic rings. The predicted octanol–water partition coefficient (Wildman–Crippen LogP) is 7.28. The molecule has 1 aromatic heterocycles. The monoisotopic (exact) mass is 628 g/mol. The maximum Gasteiger partial charge on any atom is 0.301 e. The van der Waals surface area contributed by atoms with Gasteiger partial charge in [-0.15, -0.1) is 0 Å². The number of fused-ring (bicyclic) bond motifs is 2. The number of hydrogen-bond acceptors (Lipinski definition) is 9. The largest absolute Gasteiger partial charge is 0.507 e. The molecule has 1 saturated heterocycles. The topological polar surface area (TPSA) is 107 Å². The summed E-state index contributed by atoms with van der Waals surface area (Å²) in [5.74, 6) is 0.174. The van der Waals surface area contributed by atoms with Crippen molar-refractivity contribution in [3.05, 3.63) is 76.4 Å². The standard InChI is InChI=1S/C35H36N2O7S/c1-5-7-8-13-42-24-11-9-22(18-26(24)41-6-2)31-29(32(38)23-10-12-25-27(19-23)44-15-14-43-25)33(39)34(40)37(31)35-36-30-21(4)16-20(3)17-28(30)45-35/h9-12,16-19,31,38H,5-8,13-15H2,1-4H3/b32-29-. The molecule has 0 aliphatic carbocycles. The van der Waals surface area contributed by atoms with Crippen molar-refractivity contribution in [3.63, 3.8) is 0 Å². The summed E-state index contributed by atoms with van der Waals surface area (Å²) in [5, 5.41) is 12.1. The van der Waals surface area contributed by atoms with Crippen molar-refractivity contribution in [2.45, 2.75) is 53.0 Å². The second-order valence-corrected chi connectivity index (χ2v) is 12.2. The van der Waals surface area contributed by atoms with Gasteiger partial charge in [-0.2, -0.15) is 0 Å². The Morgan fingerprint density at radius 3 is 2.56 bits per heavy atom. The van der Waals surface area contributed by atoms with E-state index in [1.165, 1.54) is 16.2 Å². The Labute approximate surface area is 266 Å². The lowest BCUT2D eigenvalue weighted by Gasteiger charge is -2.24. The molecule has 3 aromatic carbocycles. The lowest BCUT2D eigenvalue weighted by molar-refractivity contribution is -0.132. The molecule has 0 saturated carbocycles. The van der Waals surface area contributed by atoms with Crippen molar-refractivity contribution in [2.75, 3.05) is 31.3 Å². The highest BCUT2D eigenvalue weighted by atomic mass is 32.1. The van der Waals surface area contributed by atoms with Gasteiger partial charge in [-0.05, 0) is 80.3 Å². The van der Waals surface area contributed by atoms with E-state index in [2.05, 4.69) is 6.92 Å². The summed E-state index contributed by atoms with van der Waals surface area (Å²) in [5.41, 5.74) is 3.66. The highest BCUT2D eigenvalue weighted by Gasteiger charge is 2.48. The number of aromatic nitrogens is 1. The third-order valence-corrected chi connectivity index (χ3v) is 8.88. The summed E-state index contributed by atoms with van der Waals surface area (Å²) in [7, 11) is 0. The zero-order chi connectivity index (χ0) is 31.7. The fraction of sp³-hybridized carbons (Fsp3) is 0.343. The number of unbranched alkanes of at least 4 members (excludes halogenated alkanes) is 2. The number of aliphatic hydroxyl groups excluding tert-OH is 1. The van der Waals surface area contributed by atoms with Crippen molar-refractivity contribution in [3.8, 4) is 23.0 Å². The maximum absolute atomic E-state index is 13.9. The summed E-state index contributed by atoms with van der Waals surface area (Å²) in [6.07, 6.45) is 3.04. The molecule has 2 aliphatic heterocycles. The summed E-state index contributed by atoms with van der Waals surface area (Å²) in [4.78, 5) is 33.9. The summed E-state index contributed by atoms with van der Waals surface area (Å²) < 4.78 is 24.3. The average molecular weight is 629 g/mol. The number of thiazole rings is 1. The molecule has 1 amide bonds. The van der Waals surface area contributed by atoms with Crippen LogP contribution in [0.25, 0.3) is 16.0 Å². The van der Waals surface area contributed by atoms with Gasteiger partial charge in [0.15, 0.2) is 28.1 Å². The minimum absolute atomic E-state index is 0.0529. The quantitative estimate of drug-likeness (QED) is 0.0845. The van der Waals surface area contributed by atoms with Crippen LogP contribution >= 0.6 is 11.3 Å². The number of hydrogen-bond donors (Lipinski definition) is 1. The van der Waals surface area contributed by atoms with Gasteiger partial charge in [-0.1, -0.05) is 43.2 Å². The van der Waals surface area contributed by atoms with Crippen LogP contribution in [0.15, 0.2) is 54.1 Å². The van der Waals surface area contributed by atoms with Crippen LogP contribution in [-0.4, -0.2) is 48.2 Å². The van der Waals surface area contributed by atoms with Crippen molar-refractivity contribution >= 4 is 44.1 Å². The first-order valence-corrected chi connectivity index (χ1v) is 16.1. The third-order valence-electron chi connectivity index (χ3n) is 7.87. The Morgan fingerprint density at radius 2 is 1.78 bits per heavy atom. The first-order valence-electron chi connectivity index (χ1n) is 15.3. The Morgan fingerprint density at radius 1 is 0.978 bits per heavy atom. The van der Waals surface area contributed by atoms with E-state index in [0.717, 1.165) is 40.6 Å². The number of carbonyl (C=O) groups excluding carboxylic acids is 2. The van der Waals surface area contributed by atoms with E-state index < -0.39 is 17.7 Å². The number of aryl methyl sites for hydroxylation is 2. The Kier molecular flexibility index (Phi) is 8.67. The van der Waals surface area contributed by atoms with Crippen LogP contribution in [0, 0.1) is 13.8 Å². The lowest BCUT2D eigenvalue weighted by atomic mass is 9.95. The number of Topliss-reactive ketones (excluding diaryl/α,β-unsaturated/α-hetero) is 1. The van der Waals surface area contributed by atoms with Crippen molar-refractivity contribution in [1.82, 2.24) is 4.98 Å². The molecule has 3 heterocycles. The Bertz CT molecular complexity index is 1810. The predicted molar refractivity (Wildman–Crippen MR) is 174 cm³/mol. The minimum Gasteiger partial charge on any atom is -0.507 e. The maximum atomic E-state index is 13.9. The van der Waals surface area contributed by atoms with Gasteiger partial charge in [-0.3, -0.25) is 14.5 Å². The number of ether oxygens (including phenoxy) is 4. The number of amides is 1. The van der Waals surface area contributed by atoms with Gasteiger partial charge >= 0.3 is 5.91 Å². The number of anilines is 1. The zero-order valence-corrected chi connectivity index (χ0v) is 26.7. The molecule has 234 valence electrons. The van der Waals surface area contributed by atoms with Crippen LogP contribution in [0.3, 0.4) is 0 Å². The molecule has 0 bridgehead atoms. The number of benzene rings is 3. The normalized spacial score (nSPS) is 17.2. The molecule has 6 rings (SSSR count). The molecule has 0 radical (unpaired) electrons. The van der Waals surface area contributed by atoms with E-state index in [0.29, 0.717) is 65.7 Å². The molecular formula is C35H36N2O7S. The average Bonchev–Trinajstić information content (AvgIpc) is 3.57. The highest BCUT2D eigenvalue weighted by Crippen LogP contribution is 2.47. The van der Waals surface area contributed by atoms with E-state index in [-0.39, 0.29) is 11.3 Å². The molecule has 1 N–H and O–H groups in total. The second kappa shape index (κ2) is 12.8. The Hall–Kier alpha value is -4.57. The van der Waals surface area contributed by atoms with E-state index in [1.54, 1.807) is 36.4 Å². The lowest BCUT2D eigenvalue weighted by Crippen LogP contribution is -2.29. The second-order valence-electron chi connectivity index (χ2n) is 11.1. The number of nitrogens with zero attached hydrogens (tertiary/aromatic N) is 2. The van der Waals surface area contributed by atoms with Gasteiger partial charge in [0.2, 0.25) is 0 Å². The molecular weight excluding hydrogens is 592 g/mol. The van der Waals surface area contributed by atoms with Crippen LogP contribution in [0.5, 0.6) is 23.0 Å².